The van der Waals surface area contributed by atoms with E-state index in [1.807, 2.05) is 18.2 Å². The second-order valence-electron chi connectivity index (χ2n) is 3.04. The molecule has 0 saturated carbocycles. The average Bonchev–Trinajstić information content (AvgIpc) is 2.18. The van der Waals surface area contributed by atoms with E-state index >= 15 is 0 Å². The molecule has 1 aromatic rings. The molecule has 1 aromatic carbocycles. The van der Waals surface area contributed by atoms with Crippen LogP contribution in [0.2, 0.25) is 0 Å². The summed E-state index contributed by atoms with van der Waals surface area (Å²) >= 11 is 0. The van der Waals surface area contributed by atoms with Gasteiger partial charge in [0.15, 0.2) is 0 Å². The molecule has 2 heteroatoms. The van der Waals surface area contributed by atoms with Crippen molar-refractivity contribution >= 4 is 15.0 Å². The first-order valence-electron chi connectivity index (χ1n) is 4.56. The smallest absolute Gasteiger partial charge is 0.141 e. The molecule has 1 nitrogen and oxygen atoms in total. The van der Waals surface area contributed by atoms with Crippen molar-refractivity contribution in [3.05, 3.63) is 35.4 Å². The van der Waals surface area contributed by atoms with Gasteiger partial charge in [-0.05, 0) is 17.5 Å². The van der Waals surface area contributed by atoms with Gasteiger partial charge in [-0.25, -0.2) is 0 Å². The van der Waals surface area contributed by atoms with Crippen LogP contribution in [0.5, 0.6) is 0 Å². The molecular formula is C11H15OP. The summed E-state index contributed by atoms with van der Waals surface area (Å²) in [6, 6.07) is 8.14. The second-order valence-corrected chi connectivity index (χ2v) is 3.45. The maximum atomic E-state index is 11.2. The molecular weight excluding hydrogens is 179 g/mol. The summed E-state index contributed by atoms with van der Waals surface area (Å²) in [6.45, 7) is 2.12. The molecule has 0 aromatic heterocycles. The quantitative estimate of drug-likeness (QED) is 0.672. The third kappa shape index (κ3) is 2.93. The first-order chi connectivity index (χ1) is 6.27. The van der Waals surface area contributed by atoms with E-state index in [1.165, 1.54) is 11.1 Å². The molecule has 0 bridgehead atoms. The van der Waals surface area contributed by atoms with Crippen LogP contribution in [-0.4, -0.2) is 11.9 Å². The summed E-state index contributed by atoms with van der Waals surface area (Å²) in [5.41, 5.74) is 2.46. The molecule has 0 radical (unpaired) electrons. The molecule has 13 heavy (non-hydrogen) atoms. The van der Waals surface area contributed by atoms with Gasteiger partial charge in [0.1, 0.15) is 5.78 Å². The van der Waals surface area contributed by atoms with Crippen molar-refractivity contribution in [3.8, 4) is 0 Å². The summed E-state index contributed by atoms with van der Waals surface area (Å²) in [5, 5.41) is 0. The molecule has 1 rings (SSSR count). The van der Waals surface area contributed by atoms with E-state index in [0.29, 0.717) is 12.6 Å². The van der Waals surface area contributed by atoms with Gasteiger partial charge in [0.05, 0.1) is 0 Å². The maximum Gasteiger partial charge on any atom is 0.141 e. The van der Waals surface area contributed by atoms with Crippen LogP contribution in [0, 0.1) is 0 Å². The summed E-state index contributed by atoms with van der Waals surface area (Å²) < 4.78 is 0. The van der Waals surface area contributed by atoms with Gasteiger partial charge in [-0.2, -0.15) is 0 Å². The number of Topliss-reactive ketones (excluding diaryl/α,β-unsaturated/α-hetero) is 1. The van der Waals surface area contributed by atoms with Gasteiger partial charge in [0.25, 0.3) is 0 Å². The molecule has 1 unspecified atom stereocenters. The Kier molecular flexibility index (Phi) is 4.11. The van der Waals surface area contributed by atoms with Crippen molar-refractivity contribution in [3.63, 3.8) is 0 Å². The van der Waals surface area contributed by atoms with E-state index in [1.54, 1.807) is 0 Å². The third-order valence-corrected chi connectivity index (χ3v) is 2.57. The van der Waals surface area contributed by atoms with Crippen LogP contribution in [0.1, 0.15) is 18.1 Å². The highest BCUT2D eigenvalue weighted by Crippen LogP contribution is 2.10. The lowest BCUT2D eigenvalue weighted by molar-refractivity contribution is -0.116. The molecule has 0 amide bonds. The van der Waals surface area contributed by atoms with Gasteiger partial charge in [-0.15, -0.1) is 9.24 Å². The lowest BCUT2D eigenvalue weighted by atomic mass is 10.0. The van der Waals surface area contributed by atoms with Crippen LogP contribution >= 0.6 is 9.24 Å². The summed E-state index contributed by atoms with van der Waals surface area (Å²) in [7, 11) is 2.47. The van der Waals surface area contributed by atoms with Gasteiger partial charge >= 0.3 is 0 Å². The van der Waals surface area contributed by atoms with E-state index in [0.717, 1.165) is 6.42 Å². The third-order valence-electron chi connectivity index (χ3n) is 2.11. The zero-order valence-electron chi connectivity index (χ0n) is 7.92. The maximum absolute atomic E-state index is 11.2. The molecule has 0 spiro atoms. The highest BCUT2D eigenvalue weighted by molar-refractivity contribution is 7.18. The van der Waals surface area contributed by atoms with Crippen LogP contribution in [0.25, 0.3) is 0 Å². The first kappa shape index (κ1) is 10.4. The van der Waals surface area contributed by atoms with E-state index in [-0.39, 0.29) is 5.78 Å². The number of rotatable bonds is 4. The molecule has 0 aliphatic rings. The summed E-state index contributed by atoms with van der Waals surface area (Å²) in [4.78, 5) is 11.2. The summed E-state index contributed by atoms with van der Waals surface area (Å²) in [6.07, 6.45) is 2.13. The fourth-order valence-electron chi connectivity index (χ4n) is 1.36. The Morgan fingerprint density at radius 1 is 1.31 bits per heavy atom. The lowest BCUT2D eigenvalue weighted by Gasteiger charge is -2.05. The Morgan fingerprint density at radius 2 is 1.92 bits per heavy atom. The highest BCUT2D eigenvalue weighted by atomic mass is 31.0. The van der Waals surface area contributed by atoms with Crippen LogP contribution in [0.4, 0.5) is 0 Å². The Labute approximate surface area is 81.7 Å². The van der Waals surface area contributed by atoms with E-state index in [9.17, 15) is 4.79 Å². The van der Waals surface area contributed by atoms with E-state index in [2.05, 4.69) is 22.2 Å². The van der Waals surface area contributed by atoms with Crippen molar-refractivity contribution in [1.82, 2.24) is 0 Å². The van der Waals surface area contributed by atoms with E-state index in [4.69, 9.17) is 0 Å². The fraction of sp³-hybridized carbons (Fsp3) is 0.364. The molecule has 0 fully saturated rings. The van der Waals surface area contributed by atoms with Gasteiger partial charge in [0, 0.05) is 12.6 Å². The van der Waals surface area contributed by atoms with Crippen molar-refractivity contribution < 1.29 is 4.79 Å². The van der Waals surface area contributed by atoms with Crippen molar-refractivity contribution in [2.75, 3.05) is 6.16 Å². The van der Waals surface area contributed by atoms with Crippen molar-refractivity contribution in [2.24, 2.45) is 0 Å². The normalized spacial score (nSPS) is 10.0. The molecule has 0 aliphatic heterocycles. The minimum absolute atomic E-state index is 0.283. The molecule has 0 N–H and O–H groups in total. The molecule has 0 aliphatic carbocycles. The number of hydrogen-bond acceptors (Lipinski definition) is 1. The standard InChI is InChI=1S/C11H15OP/c1-2-9-5-3-4-6-10(9)7-11(12)8-13/h3-6H,2,7-8,13H2,1H3. The van der Waals surface area contributed by atoms with Gasteiger partial charge < -0.3 is 0 Å². The van der Waals surface area contributed by atoms with Gasteiger partial charge in [-0.3, -0.25) is 4.79 Å². The van der Waals surface area contributed by atoms with Crippen LogP contribution in [0.3, 0.4) is 0 Å². The molecule has 1 atom stereocenters. The second kappa shape index (κ2) is 5.14. The Morgan fingerprint density at radius 3 is 2.46 bits per heavy atom. The average molecular weight is 194 g/mol. The minimum atomic E-state index is 0.283. The Bertz CT molecular complexity index is 294. The number of ketones is 1. The van der Waals surface area contributed by atoms with Crippen LogP contribution in [-0.2, 0) is 17.6 Å². The van der Waals surface area contributed by atoms with Crippen LogP contribution in [0.15, 0.2) is 24.3 Å². The van der Waals surface area contributed by atoms with Crippen molar-refractivity contribution in [2.45, 2.75) is 19.8 Å². The Balaban J connectivity index is 2.81. The van der Waals surface area contributed by atoms with Gasteiger partial charge in [-0.1, -0.05) is 31.2 Å². The number of hydrogen-bond donors (Lipinski definition) is 0. The minimum Gasteiger partial charge on any atom is -0.299 e. The monoisotopic (exact) mass is 194 g/mol. The predicted octanol–water partition coefficient (Wildman–Crippen LogP) is 2.24. The fourth-order valence-corrected chi connectivity index (χ4v) is 1.50. The molecule has 0 saturated heterocycles. The number of aryl methyl sites for hydroxylation is 1. The first-order valence-corrected chi connectivity index (χ1v) is 5.38. The topological polar surface area (TPSA) is 17.1 Å². The summed E-state index contributed by atoms with van der Waals surface area (Å²) in [5.74, 6) is 0.283. The number of carbonyl (C=O) groups is 1. The zero-order chi connectivity index (χ0) is 9.68. The van der Waals surface area contributed by atoms with E-state index < -0.39 is 0 Å². The predicted molar refractivity (Wildman–Crippen MR) is 59.1 cm³/mol. The highest BCUT2D eigenvalue weighted by Gasteiger charge is 2.03. The van der Waals surface area contributed by atoms with Gasteiger partial charge in [0.2, 0.25) is 0 Å². The van der Waals surface area contributed by atoms with Crippen molar-refractivity contribution in [1.29, 1.82) is 0 Å². The lowest BCUT2D eigenvalue weighted by Crippen LogP contribution is -2.05. The Hall–Kier alpha value is -0.680. The zero-order valence-corrected chi connectivity index (χ0v) is 9.07. The largest absolute Gasteiger partial charge is 0.299 e. The molecule has 0 heterocycles. The molecule has 70 valence electrons. The number of benzene rings is 1. The SMILES string of the molecule is CCc1ccccc1CC(=O)CP. The van der Waals surface area contributed by atoms with Crippen LogP contribution < -0.4 is 0 Å². The number of carbonyl (C=O) groups excluding carboxylic acids is 1.